The number of halogens is 5. The molecule has 0 aliphatic carbocycles. The summed E-state index contributed by atoms with van der Waals surface area (Å²) < 4.78 is 81.7. The van der Waals surface area contributed by atoms with Gasteiger partial charge in [0, 0.05) is 28.3 Å². The van der Waals surface area contributed by atoms with Crippen LogP contribution in [0.1, 0.15) is 56.2 Å². The Labute approximate surface area is 257 Å². The fourth-order valence-corrected chi connectivity index (χ4v) is 5.80. The number of benzene rings is 4. The Morgan fingerprint density at radius 3 is 2.16 bits per heavy atom. The third-order valence-corrected chi connectivity index (χ3v) is 8.22. The number of carbonyl (C=O) groups excluding carboxylic acids is 1. The zero-order chi connectivity index (χ0) is 32.2. The molecule has 4 aromatic rings. The number of nitrogens with one attached hydrogen (secondary N) is 1. The second-order valence-corrected chi connectivity index (χ2v) is 11.0. The van der Waals surface area contributed by atoms with Crippen LogP contribution in [0.2, 0.25) is 0 Å². The number of carbonyl (C=O) groups is 2. The maximum absolute atomic E-state index is 14.2. The molecule has 0 unspecified atom stereocenters. The number of aliphatic hydroxyl groups is 1. The van der Waals surface area contributed by atoms with Crippen LogP contribution in [0.15, 0.2) is 77.7 Å². The Kier molecular flexibility index (Phi) is 9.83. The first-order chi connectivity index (χ1) is 21.6. The summed E-state index contributed by atoms with van der Waals surface area (Å²) in [5.74, 6) is -13.7. The van der Waals surface area contributed by atoms with Crippen molar-refractivity contribution in [3.05, 3.63) is 130 Å². The maximum atomic E-state index is 14.2. The summed E-state index contributed by atoms with van der Waals surface area (Å²) in [6.45, 7) is -0.149. The van der Waals surface area contributed by atoms with Crippen molar-refractivity contribution >= 4 is 29.3 Å². The van der Waals surface area contributed by atoms with Gasteiger partial charge in [-0.05, 0) is 35.4 Å². The van der Waals surface area contributed by atoms with Gasteiger partial charge in [0.15, 0.2) is 29.6 Å². The molecule has 1 amide bonds. The average molecular weight is 646 g/mol. The van der Waals surface area contributed by atoms with Gasteiger partial charge in [0.05, 0.1) is 24.4 Å². The molecule has 1 aliphatic heterocycles. The number of hydrogen-bond donors (Lipinski definition) is 3. The highest BCUT2D eigenvalue weighted by Gasteiger charge is 2.33. The van der Waals surface area contributed by atoms with Gasteiger partial charge in [0.2, 0.25) is 5.82 Å². The molecule has 45 heavy (non-hydrogen) atoms. The monoisotopic (exact) mass is 645 g/mol. The summed E-state index contributed by atoms with van der Waals surface area (Å²) >= 11 is 1.29. The van der Waals surface area contributed by atoms with Crippen molar-refractivity contribution in [1.82, 2.24) is 0 Å². The Morgan fingerprint density at radius 2 is 1.49 bits per heavy atom. The van der Waals surface area contributed by atoms with Crippen LogP contribution in [-0.2, 0) is 16.1 Å². The van der Waals surface area contributed by atoms with Crippen LogP contribution in [0.25, 0.3) is 0 Å². The summed E-state index contributed by atoms with van der Waals surface area (Å²) in [7, 11) is 0. The zero-order valence-corrected chi connectivity index (χ0v) is 23.9. The number of amides is 1. The molecule has 0 bridgehead atoms. The lowest BCUT2D eigenvalue weighted by Crippen LogP contribution is -2.31. The first-order valence-corrected chi connectivity index (χ1v) is 14.4. The SMILES string of the molecule is O=C(O)c1ccccc1SC[C@@H]1C[C@H](c2ccc(CO)cc2)O[C@H](c2cccc(NC(=O)c3c(F)c(F)c(F)c(F)c3F)c2)O1. The van der Waals surface area contributed by atoms with E-state index < -0.39 is 65.0 Å². The molecule has 13 heteroatoms. The second kappa shape index (κ2) is 13.8. The molecule has 1 fully saturated rings. The lowest BCUT2D eigenvalue weighted by atomic mass is 10.0. The molecule has 1 aliphatic rings. The molecule has 3 atom stereocenters. The molecule has 0 spiro atoms. The number of rotatable bonds is 9. The lowest BCUT2D eigenvalue weighted by Gasteiger charge is -2.36. The summed E-state index contributed by atoms with van der Waals surface area (Å²) in [6.07, 6.45) is -1.63. The first-order valence-electron chi connectivity index (χ1n) is 13.5. The minimum atomic E-state index is -2.38. The predicted molar refractivity (Wildman–Crippen MR) is 153 cm³/mol. The van der Waals surface area contributed by atoms with E-state index in [1.165, 1.54) is 36.0 Å². The Hall–Kier alpha value is -4.30. The van der Waals surface area contributed by atoms with E-state index in [0.717, 1.165) is 5.56 Å². The van der Waals surface area contributed by atoms with Gasteiger partial charge in [0.25, 0.3) is 5.91 Å². The number of carboxylic acids is 1. The van der Waals surface area contributed by atoms with Crippen LogP contribution in [0.4, 0.5) is 27.6 Å². The highest BCUT2D eigenvalue weighted by Crippen LogP contribution is 2.40. The molecule has 0 aromatic heterocycles. The summed E-state index contributed by atoms with van der Waals surface area (Å²) in [4.78, 5) is 24.8. The highest BCUT2D eigenvalue weighted by molar-refractivity contribution is 7.99. The zero-order valence-electron chi connectivity index (χ0n) is 23.1. The third kappa shape index (κ3) is 7.01. The molecule has 7 nitrogen and oxygen atoms in total. The summed E-state index contributed by atoms with van der Waals surface area (Å²) in [5.41, 5.74) is 0.299. The van der Waals surface area contributed by atoms with E-state index in [0.29, 0.717) is 28.2 Å². The number of carboxylic acid groups (broad SMARTS) is 1. The Bertz CT molecular complexity index is 1710. The molecule has 0 radical (unpaired) electrons. The second-order valence-electron chi connectivity index (χ2n) is 9.99. The van der Waals surface area contributed by atoms with Crippen LogP contribution in [0.5, 0.6) is 0 Å². The topological polar surface area (TPSA) is 105 Å². The van der Waals surface area contributed by atoms with E-state index in [1.54, 1.807) is 48.5 Å². The van der Waals surface area contributed by atoms with Crippen molar-refractivity contribution in [3.8, 4) is 0 Å². The highest BCUT2D eigenvalue weighted by atomic mass is 32.2. The van der Waals surface area contributed by atoms with Crippen molar-refractivity contribution < 1.29 is 51.2 Å². The van der Waals surface area contributed by atoms with Crippen LogP contribution in [-0.4, -0.2) is 33.9 Å². The van der Waals surface area contributed by atoms with E-state index >= 15 is 0 Å². The van der Waals surface area contributed by atoms with Gasteiger partial charge in [-0.15, -0.1) is 11.8 Å². The number of anilines is 1. The molecule has 1 heterocycles. The molecular formula is C32H24F5NO6S. The largest absolute Gasteiger partial charge is 0.478 e. The predicted octanol–water partition coefficient (Wildman–Crippen LogP) is 7.16. The van der Waals surface area contributed by atoms with Crippen molar-refractivity contribution in [2.24, 2.45) is 0 Å². The number of aliphatic hydroxyl groups excluding tert-OH is 1. The van der Waals surface area contributed by atoms with Crippen molar-refractivity contribution in [2.45, 2.75) is 36.4 Å². The van der Waals surface area contributed by atoms with Gasteiger partial charge in [0.1, 0.15) is 5.56 Å². The van der Waals surface area contributed by atoms with Gasteiger partial charge in [-0.2, -0.15) is 0 Å². The number of thioether (sulfide) groups is 1. The summed E-state index contributed by atoms with van der Waals surface area (Å²) in [6, 6.07) is 19.4. The van der Waals surface area contributed by atoms with E-state index in [4.69, 9.17) is 9.47 Å². The standard InChI is InChI=1S/C32H24F5NO6S/c33-25-24(26(34)28(36)29(37)27(25)35)30(40)38-19-5-3-4-18(12-19)32-43-20(15-45-23-7-2-1-6-21(23)31(41)42)13-22(44-32)17-10-8-16(14-39)9-11-17/h1-12,20,22,32,39H,13-15H2,(H,38,40)(H,41,42)/t20-,22+,32+/m0/s1. The van der Waals surface area contributed by atoms with E-state index in [-0.39, 0.29) is 17.9 Å². The van der Waals surface area contributed by atoms with Gasteiger partial charge in [-0.25, -0.2) is 26.7 Å². The smallest absolute Gasteiger partial charge is 0.336 e. The Morgan fingerprint density at radius 1 is 0.822 bits per heavy atom. The minimum Gasteiger partial charge on any atom is -0.478 e. The fourth-order valence-electron chi connectivity index (χ4n) is 4.74. The maximum Gasteiger partial charge on any atom is 0.336 e. The van der Waals surface area contributed by atoms with Crippen LogP contribution < -0.4 is 5.32 Å². The van der Waals surface area contributed by atoms with Crippen LogP contribution >= 0.6 is 11.8 Å². The van der Waals surface area contributed by atoms with Crippen LogP contribution in [0, 0.1) is 29.1 Å². The lowest BCUT2D eigenvalue weighted by molar-refractivity contribution is -0.245. The van der Waals surface area contributed by atoms with Crippen molar-refractivity contribution in [2.75, 3.05) is 11.1 Å². The summed E-state index contributed by atoms with van der Waals surface area (Å²) in [5, 5.41) is 21.1. The number of aromatic carboxylic acids is 1. The van der Waals surface area contributed by atoms with Crippen molar-refractivity contribution in [1.29, 1.82) is 0 Å². The fraction of sp³-hybridized carbons (Fsp3) is 0.188. The minimum absolute atomic E-state index is 0.0376. The van der Waals surface area contributed by atoms with Gasteiger partial charge < -0.3 is 25.0 Å². The molecular weight excluding hydrogens is 621 g/mol. The van der Waals surface area contributed by atoms with E-state index in [2.05, 4.69) is 5.32 Å². The van der Waals surface area contributed by atoms with Gasteiger partial charge in [-0.3, -0.25) is 4.79 Å². The average Bonchev–Trinajstić information content (AvgIpc) is 3.05. The molecule has 3 N–H and O–H groups in total. The molecule has 1 saturated heterocycles. The molecule has 4 aromatic carbocycles. The van der Waals surface area contributed by atoms with E-state index in [1.807, 2.05) is 0 Å². The normalized spacial score (nSPS) is 18.0. The quantitative estimate of drug-likeness (QED) is 0.0768. The van der Waals surface area contributed by atoms with E-state index in [9.17, 15) is 41.8 Å². The molecule has 234 valence electrons. The van der Waals surface area contributed by atoms with Gasteiger partial charge in [-0.1, -0.05) is 48.5 Å². The van der Waals surface area contributed by atoms with Crippen LogP contribution in [0.3, 0.4) is 0 Å². The molecule has 0 saturated carbocycles. The third-order valence-electron chi connectivity index (χ3n) is 7.01. The van der Waals surface area contributed by atoms with Crippen molar-refractivity contribution in [3.63, 3.8) is 0 Å². The van der Waals surface area contributed by atoms with Gasteiger partial charge >= 0.3 is 5.97 Å². The Balaban J connectivity index is 1.40. The molecule has 5 rings (SSSR count). The number of ether oxygens (including phenoxy) is 2. The first kappa shape index (κ1) is 32.1. The number of hydrogen-bond acceptors (Lipinski definition) is 6.